The number of rotatable bonds is 2. The molecule has 1 fully saturated rings. The van der Waals surface area contributed by atoms with Crippen LogP contribution in [0.25, 0.3) is 0 Å². The van der Waals surface area contributed by atoms with Crippen molar-refractivity contribution in [3.8, 4) is 0 Å². The normalized spacial score (nSPS) is 20.2. The minimum Gasteiger partial charge on any atom is -0.385 e. The zero-order valence-corrected chi connectivity index (χ0v) is 6.82. The molecule has 6 nitrogen and oxygen atoms in total. The lowest BCUT2D eigenvalue weighted by Gasteiger charge is -2.04. The molecule has 0 saturated carbocycles. The van der Waals surface area contributed by atoms with Crippen LogP contribution in [0.15, 0.2) is 15.7 Å². The minimum atomic E-state index is -0.486. The van der Waals surface area contributed by atoms with Crippen molar-refractivity contribution in [2.45, 2.75) is 12.6 Å². The van der Waals surface area contributed by atoms with Gasteiger partial charge in [0.2, 0.25) is 0 Å². The highest BCUT2D eigenvalue weighted by molar-refractivity contribution is 5.26. The SMILES string of the molecule is Nc1cc(=O)[nH]c(=O)n1CC1CO1. The molecule has 1 aromatic heterocycles. The lowest BCUT2D eigenvalue weighted by Crippen LogP contribution is -2.32. The fourth-order valence-corrected chi connectivity index (χ4v) is 1.10. The fourth-order valence-electron chi connectivity index (χ4n) is 1.10. The molecule has 1 unspecified atom stereocenters. The Morgan fingerprint density at radius 3 is 2.92 bits per heavy atom. The molecule has 1 atom stereocenters. The van der Waals surface area contributed by atoms with Crippen LogP contribution in [-0.4, -0.2) is 22.3 Å². The first-order valence-electron chi connectivity index (χ1n) is 3.88. The van der Waals surface area contributed by atoms with Crippen LogP contribution in [0.2, 0.25) is 0 Å². The molecular weight excluding hydrogens is 174 g/mol. The molecule has 0 aromatic carbocycles. The molecule has 6 heteroatoms. The van der Waals surface area contributed by atoms with Gasteiger partial charge in [0, 0.05) is 6.07 Å². The van der Waals surface area contributed by atoms with Crippen LogP contribution < -0.4 is 17.0 Å². The highest BCUT2D eigenvalue weighted by Crippen LogP contribution is 2.11. The highest BCUT2D eigenvalue weighted by Gasteiger charge is 2.24. The van der Waals surface area contributed by atoms with Gasteiger partial charge >= 0.3 is 5.69 Å². The summed E-state index contributed by atoms with van der Waals surface area (Å²) in [7, 11) is 0. The summed E-state index contributed by atoms with van der Waals surface area (Å²) in [6.07, 6.45) is 0.0610. The van der Waals surface area contributed by atoms with Crippen molar-refractivity contribution in [3.05, 3.63) is 26.9 Å². The standard InChI is InChI=1S/C7H9N3O3/c8-5-1-6(11)9-7(12)10(5)2-4-3-13-4/h1,4H,2-3,8H2,(H,9,11,12). The summed E-state index contributed by atoms with van der Waals surface area (Å²) in [6, 6.07) is 1.18. The molecule has 0 aliphatic carbocycles. The summed E-state index contributed by atoms with van der Waals surface area (Å²) in [5, 5.41) is 0. The number of ether oxygens (including phenoxy) is 1. The lowest BCUT2D eigenvalue weighted by molar-refractivity contribution is 0.380. The predicted octanol–water partition coefficient (Wildman–Crippen LogP) is -1.48. The second-order valence-corrected chi connectivity index (χ2v) is 2.93. The fraction of sp³-hybridized carbons (Fsp3) is 0.429. The van der Waals surface area contributed by atoms with E-state index in [1.807, 2.05) is 0 Å². The Kier molecular flexibility index (Phi) is 1.70. The molecule has 0 amide bonds. The summed E-state index contributed by atoms with van der Waals surface area (Å²) in [4.78, 5) is 24.1. The van der Waals surface area contributed by atoms with Crippen LogP contribution >= 0.6 is 0 Å². The van der Waals surface area contributed by atoms with Crippen molar-refractivity contribution < 1.29 is 4.74 Å². The number of nitrogen functional groups attached to an aromatic ring is 1. The van der Waals surface area contributed by atoms with Gasteiger partial charge in [-0.15, -0.1) is 0 Å². The summed E-state index contributed by atoms with van der Waals surface area (Å²) in [6.45, 7) is 1.05. The number of epoxide rings is 1. The van der Waals surface area contributed by atoms with Crippen molar-refractivity contribution >= 4 is 5.82 Å². The van der Waals surface area contributed by atoms with Crippen LogP contribution in [0.5, 0.6) is 0 Å². The number of anilines is 1. The second-order valence-electron chi connectivity index (χ2n) is 2.93. The summed E-state index contributed by atoms with van der Waals surface area (Å²) in [5.41, 5.74) is 4.52. The van der Waals surface area contributed by atoms with E-state index in [1.54, 1.807) is 0 Å². The van der Waals surface area contributed by atoms with E-state index < -0.39 is 11.2 Å². The molecule has 1 aliphatic rings. The second kappa shape index (κ2) is 2.74. The number of hydrogen-bond donors (Lipinski definition) is 2. The Bertz CT molecular complexity index is 429. The number of nitrogens with one attached hydrogen (secondary N) is 1. The Balaban J connectivity index is 2.42. The molecule has 2 rings (SSSR count). The minimum absolute atomic E-state index is 0.0610. The largest absolute Gasteiger partial charge is 0.385 e. The number of aromatic nitrogens is 2. The van der Waals surface area contributed by atoms with Crippen molar-refractivity contribution in [1.82, 2.24) is 9.55 Å². The molecule has 3 N–H and O–H groups in total. The van der Waals surface area contributed by atoms with Gasteiger partial charge in [0.15, 0.2) is 0 Å². The maximum absolute atomic E-state index is 11.2. The smallest absolute Gasteiger partial charge is 0.329 e. The first kappa shape index (κ1) is 8.06. The average molecular weight is 183 g/mol. The quantitative estimate of drug-likeness (QED) is 0.546. The highest BCUT2D eigenvalue weighted by atomic mass is 16.6. The number of aromatic amines is 1. The van der Waals surface area contributed by atoms with Gasteiger partial charge in [-0.05, 0) is 0 Å². The summed E-state index contributed by atoms with van der Waals surface area (Å²) in [5.74, 6) is 0.171. The third kappa shape index (κ3) is 1.62. The Morgan fingerprint density at radius 1 is 1.69 bits per heavy atom. The summed E-state index contributed by atoms with van der Waals surface area (Å²) < 4.78 is 6.24. The van der Waals surface area contributed by atoms with Gasteiger partial charge in [-0.25, -0.2) is 4.79 Å². The van der Waals surface area contributed by atoms with Gasteiger partial charge in [0.1, 0.15) is 5.82 Å². The van der Waals surface area contributed by atoms with E-state index >= 15 is 0 Å². The number of nitrogens with zero attached hydrogens (tertiary/aromatic N) is 1. The van der Waals surface area contributed by atoms with Crippen LogP contribution in [0, 0.1) is 0 Å². The number of nitrogens with two attached hydrogens (primary N) is 1. The third-order valence-corrected chi connectivity index (χ3v) is 1.85. The Morgan fingerprint density at radius 2 is 2.38 bits per heavy atom. The van der Waals surface area contributed by atoms with E-state index in [0.29, 0.717) is 13.2 Å². The molecule has 0 radical (unpaired) electrons. The molecule has 0 bridgehead atoms. The predicted molar refractivity (Wildman–Crippen MR) is 45.5 cm³/mol. The molecule has 70 valence electrons. The topological polar surface area (TPSA) is 93.4 Å². The average Bonchev–Trinajstić information content (AvgIpc) is 2.79. The van der Waals surface area contributed by atoms with E-state index in [-0.39, 0.29) is 11.9 Å². The van der Waals surface area contributed by atoms with Gasteiger partial charge < -0.3 is 10.5 Å². The first-order valence-corrected chi connectivity index (χ1v) is 3.88. The van der Waals surface area contributed by atoms with Gasteiger partial charge in [-0.1, -0.05) is 0 Å². The lowest BCUT2D eigenvalue weighted by atomic mass is 10.4. The van der Waals surface area contributed by atoms with Crippen LogP contribution in [-0.2, 0) is 11.3 Å². The Labute approximate surface area is 72.9 Å². The monoisotopic (exact) mass is 183 g/mol. The van der Waals surface area contributed by atoms with Crippen LogP contribution in [0.1, 0.15) is 0 Å². The Hall–Kier alpha value is -1.56. The van der Waals surface area contributed by atoms with Crippen molar-refractivity contribution in [3.63, 3.8) is 0 Å². The van der Waals surface area contributed by atoms with E-state index in [1.165, 1.54) is 10.6 Å². The first-order chi connectivity index (χ1) is 6.16. The molecule has 2 heterocycles. The molecule has 1 saturated heterocycles. The third-order valence-electron chi connectivity index (χ3n) is 1.85. The van der Waals surface area contributed by atoms with Crippen molar-refractivity contribution in [2.24, 2.45) is 0 Å². The van der Waals surface area contributed by atoms with Gasteiger partial charge in [-0.2, -0.15) is 0 Å². The van der Waals surface area contributed by atoms with E-state index in [9.17, 15) is 9.59 Å². The van der Waals surface area contributed by atoms with Crippen LogP contribution in [0.4, 0.5) is 5.82 Å². The van der Waals surface area contributed by atoms with Gasteiger partial charge in [-0.3, -0.25) is 14.3 Å². The summed E-state index contributed by atoms with van der Waals surface area (Å²) >= 11 is 0. The van der Waals surface area contributed by atoms with Gasteiger partial charge in [0.25, 0.3) is 5.56 Å². The molecule has 0 spiro atoms. The van der Waals surface area contributed by atoms with E-state index in [0.717, 1.165) is 0 Å². The molecule has 13 heavy (non-hydrogen) atoms. The number of hydrogen-bond acceptors (Lipinski definition) is 4. The van der Waals surface area contributed by atoms with Crippen LogP contribution in [0.3, 0.4) is 0 Å². The molecule has 1 aromatic rings. The number of H-pyrrole nitrogens is 1. The van der Waals surface area contributed by atoms with Crippen molar-refractivity contribution in [2.75, 3.05) is 12.3 Å². The van der Waals surface area contributed by atoms with E-state index in [2.05, 4.69) is 4.98 Å². The van der Waals surface area contributed by atoms with Gasteiger partial charge in [0.05, 0.1) is 19.3 Å². The van der Waals surface area contributed by atoms with E-state index in [4.69, 9.17) is 10.5 Å². The molecular formula is C7H9N3O3. The zero-order valence-electron chi connectivity index (χ0n) is 6.82. The maximum Gasteiger partial charge on any atom is 0.329 e. The zero-order chi connectivity index (χ0) is 9.42. The van der Waals surface area contributed by atoms with Crippen molar-refractivity contribution in [1.29, 1.82) is 0 Å². The molecule has 1 aliphatic heterocycles. The maximum atomic E-state index is 11.2.